The summed E-state index contributed by atoms with van der Waals surface area (Å²) in [4.78, 5) is 55.4. The Bertz CT molecular complexity index is 1360. The van der Waals surface area contributed by atoms with Crippen LogP contribution in [0.15, 0.2) is 30.3 Å². The van der Waals surface area contributed by atoms with Crippen molar-refractivity contribution in [2.75, 3.05) is 23.9 Å². The van der Waals surface area contributed by atoms with E-state index in [1.807, 2.05) is 17.9 Å². The first kappa shape index (κ1) is 22.0. The van der Waals surface area contributed by atoms with Gasteiger partial charge in [-0.3, -0.25) is 29.4 Å². The van der Waals surface area contributed by atoms with Gasteiger partial charge in [-0.15, -0.1) is 0 Å². The maximum absolute atomic E-state index is 14.1. The van der Waals surface area contributed by atoms with Gasteiger partial charge in [0.1, 0.15) is 11.3 Å². The fraction of sp³-hybridized carbons (Fsp3) is 0.375. The average Bonchev–Trinajstić information content (AvgIpc) is 3.52. The number of nitrogens with zero attached hydrogens (tertiary/aromatic N) is 3. The van der Waals surface area contributed by atoms with Gasteiger partial charge in [0.2, 0.25) is 11.8 Å². The van der Waals surface area contributed by atoms with E-state index in [-0.39, 0.29) is 29.1 Å². The van der Waals surface area contributed by atoms with Crippen molar-refractivity contribution in [3.8, 4) is 5.75 Å². The second-order valence-corrected chi connectivity index (χ2v) is 9.83. The number of nitro groups is 1. The lowest BCUT2D eigenvalue weighted by atomic mass is 9.75. The van der Waals surface area contributed by atoms with E-state index in [2.05, 4.69) is 5.32 Å². The van der Waals surface area contributed by atoms with Crippen LogP contribution < -0.4 is 15.0 Å². The third kappa shape index (κ3) is 2.61. The van der Waals surface area contributed by atoms with Gasteiger partial charge in [0.05, 0.1) is 46.3 Å². The van der Waals surface area contributed by atoms with Crippen molar-refractivity contribution < 1.29 is 24.0 Å². The van der Waals surface area contributed by atoms with Gasteiger partial charge < -0.3 is 10.1 Å². The minimum atomic E-state index is -1.35. The van der Waals surface area contributed by atoms with E-state index in [1.165, 1.54) is 25.3 Å². The van der Waals surface area contributed by atoms with E-state index < -0.39 is 34.1 Å². The Morgan fingerprint density at radius 3 is 2.69 bits per heavy atom. The number of benzene rings is 2. The summed E-state index contributed by atoms with van der Waals surface area (Å²) in [5.41, 5.74) is 0.479. The van der Waals surface area contributed by atoms with Crippen LogP contribution in [0.2, 0.25) is 5.02 Å². The number of imide groups is 1. The number of nitrogens with one attached hydrogen (secondary N) is 1. The molecule has 2 aromatic rings. The van der Waals surface area contributed by atoms with Gasteiger partial charge in [0.15, 0.2) is 0 Å². The summed E-state index contributed by atoms with van der Waals surface area (Å²) in [7, 11) is 1.32. The SMILES string of the molecule is COc1cc([N+](=O)[O-])ccc1N1C(=O)[C@@H]2[C@H]3CCCN3[C@@]3(C(=O)Nc4c(Cl)cc(C)cc43)[C@@H]2C1=O. The number of fused-ring (bicyclic) bond motifs is 7. The van der Waals surface area contributed by atoms with Crippen molar-refractivity contribution in [3.05, 3.63) is 56.6 Å². The van der Waals surface area contributed by atoms with Crippen molar-refractivity contribution >= 4 is 46.4 Å². The molecule has 10 nitrogen and oxygen atoms in total. The minimum Gasteiger partial charge on any atom is -0.494 e. The van der Waals surface area contributed by atoms with Gasteiger partial charge in [-0.2, -0.15) is 0 Å². The fourth-order valence-electron chi connectivity index (χ4n) is 6.60. The van der Waals surface area contributed by atoms with E-state index in [0.717, 1.165) is 16.9 Å². The number of non-ortho nitro benzene ring substituents is 1. The van der Waals surface area contributed by atoms with E-state index in [4.69, 9.17) is 16.3 Å². The Balaban J connectivity index is 1.55. The van der Waals surface area contributed by atoms with Gasteiger partial charge >= 0.3 is 0 Å². The molecule has 35 heavy (non-hydrogen) atoms. The third-order valence-corrected chi connectivity index (χ3v) is 8.11. The maximum atomic E-state index is 14.1. The van der Waals surface area contributed by atoms with Crippen LogP contribution >= 0.6 is 11.6 Å². The van der Waals surface area contributed by atoms with E-state index in [9.17, 15) is 24.5 Å². The largest absolute Gasteiger partial charge is 0.494 e. The number of amides is 3. The zero-order valence-electron chi connectivity index (χ0n) is 18.9. The third-order valence-electron chi connectivity index (χ3n) is 7.81. The number of carbonyl (C=O) groups is 3. The standard InChI is InChI=1S/C24H21ClN4O6/c1-11-8-13-20(14(25)9-11)26-23(32)24(13)19-18(16-4-3-7-27(16)24)21(30)28(22(19)31)15-6-5-12(29(33)34)10-17(15)35-2/h5-6,8-10,16,18-19H,3-4,7H2,1-2H3,(H,26,32)/t16-,18-,19+,24-/m1/s1. The molecule has 0 bridgehead atoms. The van der Waals surface area contributed by atoms with Crippen LogP contribution in [0, 0.1) is 28.9 Å². The number of hydrogen-bond acceptors (Lipinski definition) is 7. The molecule has 11 heteroatoms. The summed E-state index contributed by atoms with van der Waals surface area (Å²) < 4.78 is 5.32. The molecule has 3 amide bonds. The van der Waals surface area contributed by atoms with Gasteiger partial charge in [-0.25, -0.2) is 4.90 Å². The van der Waals surface area contributed by atoms with Gasteiger partial charge in [0, 0.05) is 17.7 Å². The summed E-state index contributed by atoms with van der Waals surface area (Å²) in [5, 5.41) is 14.5. The molecule has 0 aliphatic carbocycles. The van der Waals surface area contributed by atoms with Crippen molar-refractivity contribution in [1.29, 1.82) is 0 Å². The van der Waals surface area contributed by atoms with Gasteiger partial charge in [-0.1, -0.05) is 17.7 Å². The molecular formula is C24H21ClN4O6. The number of aryl methyl sites for hydroxylation is 1. The molecular weight excluding hydrogens is 476 g/mol. The van der Waals surface area contributed by atoms with Gasteiger partial charge in [-0.05, 0) is 44.0 Å². The van der Waals surface area contributed by atoms with Crippen LogP contribution in [0.3, 0.4) is 0 Å². The highest BCUT2D eigenvalue weighted by molar-refractivity contribution is 6.35. The summed E-state index contributed by atoms with van der Waals surface area (Å²) in [6.45, 7) is 2.45. The number of methoxy groups -OCH3 is 1. The number of nitro benzene ring substituents is 1. The second kappa shape index (κ2) is 7.25. The number of ether oxygens (including phenoxy) is 1. The molecule has 4 aliphatic rings. The Morgan fingerprint density at radius 2 is 1.97 bits per heavy atom. The Hall–Kier alpha value is -3.50. The van der Waals surface area contributed by atoms with E-state index in [1.54, 1.807) is 6.07 Å². The minimum absolute atomic E-state index is 0.0355. The zero-order chi connectivity index (χ0) is 24.8. The quantitative estimate of drug-likeness (QED) is 0.393. The summed E-state index contributed by atoms with van der Waals surface area (Å²) in [5.74, 6) is -2.98. The molecule has 3 saturated heterocycles. The molecule has 180 valence electrons. The summed E-state index contributed by atoms with van der Waals surface area (Å²) >= 11 is 6.49. The molecule has 1 N–H and O–H groups in total. The highest BCUT2D eigenvalue weighted by Crippen LogP contribution is 2.61. The molecule has 2 aromatic carbocycles. The topological polar surface area (TPSA) is 122 Å². The smallest absolute Gasteiger partial charge is 0.273 e. The van der Waals surface area contributed by atoms with E-state index in [0.29, 0.717) is 29.2 Å². The second-order valence-electron chi connectivity index (χ2n) is 9.42. The monoisotopic (exact) mass is 496 g/mol. The summed E-state index contributed by atoms with van der Waals surface area (Å²) in [6, 6.07) is 7.08. The Kier molecular flexibility index (Phi) is 4.56. The predicted molar refractivity (Wildman–Crippen MR) is 125 cm³/mol. The zero-order valence-corrected chi connectivity index (χ0v) is 19.7. The predicted octanol–water partition coefficient (Wildman–Crippen LogP) is 3.00. The first-order valence-electron chi connectivity index (χ1n) is 11.3. The van der Waals surface area contributed by atoms with Crippen LogP contribution in [0.5, 0.6) is 5.75 Å². The fourth-order valence-corrected chi connectivity index (χ4v) is 6.92. The van der Waals surface area contributed by atoms with Gasteiger partial charge in [0.25, 0.3) is 11.6 Å². The number of rotatable bonds is 3. The molecule has 3 fully saturated rings. The van der Waals surface area contributed by atoms with Crippen LogP contribution in [0.1, 0.15) is 24.0 Å². The first-order chi connectivity index (χ1) is 16.7. The molecule has 0 aromatic heterocycles. The van der Waals surface area contributed by atoms with Crippen LogP contribution in [-0.4, -0.2) is 47.2 Å². The lowest BCUT2D eigenvalue weighted by molar-refractivity contribution is -0.384. The average molecular weight is 497 g/mol. The number of anilines is 2. The maximum Gasteiger partial charge on any atom is 0.273 e. The van der Waals surface area contributed by atoms with Crippen molar-refractivity contribution in [3.63, 3.8) is 0 Å². The molecule has 1 spiro atoms. The molecule has 4 aliphatic heterocycles. The highest BCUT2D eigenvalue weighted by atomic mass is 35.5. The summed E-state index contributed by atoms with van der Waals surface area (Å²) in [6.07, 6.45) is 1.47. The van der Waals surface area contributed by atoms with Crippen LogP contribution in [0.4, 0.5) is 17.1 Å². The number of halogens is 1. The normalized spacial score (nSPS) is 28.9. The lowest BCUT2D eigenvalue weighted by Gasteiger charge is -2.36. The van der Waals surface area contributed by atoms with Crippen LogP contribution in [0.25, 0.3) is 0 Å². The lowest BCUT2D eigenvalue weighted by Crippen LogP contribution is -2.54. The molecule has 4 heterocycles. The van der Waals surface area contributed by atoms with E-state index >= 15 is 0 Å². The Labute approximate surface area is 204 Å². The highest BCUT2D eigenvalue weighted by Gasteiger charge is 2.75. The molecule has 0 unspecified atom stereocenters. The molecule has 0 radical (unpaired) electrons. The molecule has 6 rings (SSSR count). The molecule has 4 atom stereocenters. The Morgan fingerprint density at radius 1 is 1.20 bits per heavy atom. The van der Waals surface area contributed by atoms with Crippen molar-refractivity contribution in [2.24, 2.45) is 11.8 Å². The molecule has 0 saturated carbocycles. The first-order valence-corrected chi connectivity index (χ1v) is 11.7. The van der Waals surface area contributed by atoms with Crippen molar-refractivity contribution in [2.45, 2.75) is 31.3 Å². The number of carbonyl (C=O) groups excluding carboxylic acids is 3. The van der Waals surface area contributed by atoms with Crippen LogP contribution in [-0.2, 0) is 19.9 Å². The number of hydrogen-bond donors (Lipinski definition) is 1. The van der Waals surface area contributed by atoms with Crippen molar-refractivity contribution in [1.82, 2.24) is 4.90 Å².